The molecule has 0 atom stereocenters. The average molecular weight is 505 g/mol. The van der Waals surface area contributed by atoms with E-state index in [4.69, 9.17) is 9.90 Å². The van der Waals surface area contributed by atoms with Gasteiger partial charge in [-0.25, -0.2) is 9.78 Å². The number of benzene rings is 2. The molecule has 2 heterocycles. The third-order valence-electron chi connectivity index (χ3n) is 5.74. The summed E-state index contributed by atoms with van der Waals surface area (Å²) in [6.45, 7) is 4.06. The number of aryl methyl sites for hydroxylation is 1. The summed E-state index contributed by atoms with van der Waals surface area (Å²) in [7, 11) is 0. The quantitative estimate of drug-likeness (QED) is 0.485. The molecule has 11 heteroatoms. The van der Waals surface area contributed by atoms with Crippen LogP contribution in [0.1, 0.15) is 34.3 Å². The summed E-state index contributed by atoms with van der Waals surface area (Å²) in [6, 6.07) is 14.0. The molecule has 4 rings (SSSR count). The fraction of sp³-hybridized carbons (Fsp3) is 0.320. The second-order valence-corrected chi connectivity index (χ2v) is 8.34. The van der Waals surface area contributed by atoms with Gasteiger partial charge in [-0.3, -0.25) is 4.79 Å². The standard InChI is InChI=1S/C23H26N4O2.C2HF3O2/c1-17-14-21(27-13-10-24-16-27)7-4-19(17)15-25-20-5-2-18(3-6-20)23(29)26-11-8-22(28)9-12-26;3-2(4,5)1(6)7/h2-7,10,13-14,16,22,25,28H,8-9,11-12,15H2,1H3;(H,6,7). The van der Waals surface area contributed by atoms with Gasteiger partial charge in [0.15, 0.2) is 0 Å². The average Bonchev–Trinajstić information content (AvgIpc) is 3.39. The molecule has 3 aromatic rings. The molecule has 0 radical (unpaired) electrons. The number of carbonyl (C=O) groups excluding carboxylic acids is 1. The van der Waals surface area contributed by atoms with Crippen LogP contribution in [0.2, 0.25) is 0 Å². The van der Waals surface area contributed by atoms with Gasteiger partial charge < -0.3 is 25.0 Å². The second kappa shape index (κ2) is 11.7. The lowest BCUT2D eigenvalue weighted by Crippen LogP contribution is -2.40. The van der Waals surface area contributed by atoms with Gasteiger partial charge in [0.2, 0.25) is 0 Å². The molecule has 3 N–H and O–H groups in total. The maximum absolute atomic E-state index is 12.6. The second-order valence-electron chi connectivity index (χ2n) is 8.34. The van der Waals surface area contributed by atoms with Gasteiger partial charge in [-0.15, -0.1) is 0 Å². The Labute approximate surface area is 206 Å². The summed E-state index contributed by atoms with van der Waals surface area (Å²) < 4.78 is 33.7. The van der Waals surface area contributed by atoms with Crippen molar-refractivity contribution in [3.05, 3.63) is 77.9 Å². The third kappa shape index (κ3) is 7.32. The minimum Gasteiger partial charge on any atom is -0.475 e. The largest absolute Gasteiger partial charge is 0.490 e. The number of aliphatic carboxylic acids is 1. The number of likely N-dealkylation sites (tertiary alicyclic amines) is 1. The molecular weight excluding hydrogens is 477 g/mol. The topological polar surface area (TPSA) is 108 Å². The molecule has 2 aromatic carbocycles. The van der Waals surface area contributed by atoms with Crippen molar-refractivity contribution in [1.82, 2.24) is 14.5 Å². The predicted octanol–water partition coefficient (Wildman–Crippen LogP) is 4.02. The number of carboxylic acids is 1. The Hall–Kier alpha value is -3.86. The van der Waals surface area contributed by atoms with Crippen LogP contribution in [0.3, 0.4) is 0 Å². The van der Waals surface area contributed by atoms with Crippen molar-refractivity contribution < 1.29 is 33.0 Å². The number of rotatable bonds is 5. The Kier molecular flexibility index (Phi) is 8.70. The van der Waals surface area contributed by atoms with Gasteiger partial charge in [-0.1, -0.05) is 6.07 Å². The highest BCUT2D eigenvalue weighted by molar-refractivity contribution is 5.94. The van der Waals surface area contributed by atoms with E-state index in [2.05, 4.69) is 35.4 Å². The molecule has 1 amide bonds. The van der Waals surface area contributed by atoms with Crippen molar-refractivity contribution in [3.8, 4) is 5.69 Å². The molecule has 36 heavy (non-hydrogen) atoms. The lowest BCUT2D eigenvalue weighted by molar-refractivity contribution is -0.192. The highest BCUT2D eigenvalue weighted by Gasteiger charge is 2.38. The first-order valence-electron chi connectivity index (χ1n) is 11.2. The van der Waals surface area contributed by atoms with E-state index < -0.39 is 12.1 Å². The van der Waals surface area contributed by atoms with Crippen molar-refractivity contribution in [2.45, 2.75) is 38.6 Å². The first kappa shape index (κ1) is 26.7. The van der Waals surface area contributed by atoms with Gasteiger partial charge in [-0.05, 0) is 67.3 Å². The van der Waals surface area contributed by atoms with Crippen molar-refractivity contribution in [2.75, 3.05) is 18.4 Å². The van der Waals surface area contributed by atoms with Gasteiger partial charge in [0.05, 0.1) is 12.4 Å². The fourth-order valence-electron chi connectivity index (χ4n) is 3.63. The van der Waals surface area contributed by atoms with E-state index in [9.17, 15) is 23.1 Å². The van der Waals surface area contributed by atoms with Gasteiger partial charge in [-0.2, -0.15) is 13.2 Å². The minimum atomic E-state index is -5.08. The Bertz CT molecular complexity index is 1160. The molecular formula is C25H27F3N4O4. The number of alkyl halides is 3. The van der Waals surface area contributed by atoms with Crippen LogP contribution in [0.25, 0.3) is 5.69 Å². The first-order valence-corrected chi connectivity index (χ1v) is 11.2. The number of nitrogens with one attached hydrogen (secondary N) is 1. The van der Waals surface area contributed by atoms with Crippen molar-refractivity contribution >= 4 is 17.6 Å². The Morgan fingerprint density at radius 3 is 2.28 bits per heavy atom. The summed E-state index contributed by atoms with van der Waals surface area (Å²) in [5, 5.41) is 20.2. The highest BCUT2D eigenvalue weighted by atomic mass is 19.4. The summed E-state index contributed by atoms with van der Waals surface area (Å²) in [6.07, 6.45) is 1.45. The van der Waals surface area contributed by atoms with Crippen LogP contribution in [0.15, 0.2) is 61.2 Å². The maximum atomic E-state index is 12.6. The van der Waals surface area contributed by atoms with E-state index >= 15 is 0 Å². The maximum Gasteiger partial charge on any atom is 0.490 e. The van der Waals surface area contributed by atoms with Crippen LogP contribution < -0.4 is 5.32 Å². The van der Waals surface area contributed by atoms with Crippen LogP contribution in [0, 0.1) is 6.92 Å². The molecule has 0 saturated carbocycles. The molecule has 0 spiro atoms. The number of aliphatic hydroxyl groups excluding tert-OH is 1. The molecule has 8 nitrogen and oxygen atoms in total. The van der Waals surface area contributed by atoms with Gasteiger partial charge in [0, 0.05) is 49.0 Å². The SMILES string of the molecule is Cc1cc(-n2ccnc2)ccc1CNc1ccc(C(=O)N2CCC(O)CC2)cc1.O=C(O)C(F)(F)F. The van der Waals surface area contributed by atoms with Crippen molar-refractivity contribution in [2.24, 2.45) is 0 Å². The molecule has 1 aliphatic heterocycles. The molecule has 1 aromatic heterocycles. The Morgan fingerprint density at radius 2 is 1.75 bits per heavy atom. The number of anilines is 1. The molecule has 0 bridgehead atoms. The molecule has 1 saturated heterocycles. The van der Waals surface area contributed by atoms with Crippen LogP contribution in [0.4, 0.5) is 18.9 Å². The number of amides is 1. The molecule has 0 unspecified atom stereocenters. The Morgan fingerprint density at radius 1 is 1.11 bits per heavy atom. The normalized spacial score (nSPS) is 14.1. The lowest BCUT2D eigenvalue weighted by atomic mass is 10.1. The number of hydrogen-bond donors (Lipinski definition) is 3. The Balaban J connectivity index is 0.000000454. The number of carbonyl (C=O) groups is 2. The summed E-state index contributed by atoms with van der Waals surface area (Å²) in [4.78, 5) is 27.4. The third-order valence-corrected chi connectivity index (χ3v) is 5.74. The predicted molar refractivity (Wildman–Crippen MR) is 127 cm³/mol. The smallest absolute Gasteiger partial charge is 0.475 e. The molecule has 192 valence electrons. The van der Waals surface area contributed by atoms with Crippen LogP contribution in [-0.4, -0.2) is 61.9 Å². The van der Waals surface area contributed by atoms with Crippen molar-refractivity contribution in [1.29, 1.82) is 0 Å². The fourth-order valence-corrected chi connectivity index (χ4v) is 3.63. The van der Waals surface area contributed by atoms with E-state index in [1.165, 1.54) is 11.1 Å². The molecule has 0 aliphatic carbocycles. The molecule has 1 fully saturated rings. The van der Waals surface area contributed by atoms with Gasteiger partial charge in [0.1, 0.15) is 0 Å². The number of aliphatic hydroxyl groups is 1. The van der Waals surface area contributed by atoms with Gasteiger partial charge in [0.25, 0.3) is 5.91 Å². The number of nitrogens with zero attached hydrogens (tertiary/aromatic N) is 3. The summed E-state index contributed by atoms with van der Waals surface area (Å²) in [5.41, 5.74) is 5.20. The number of aromatic nitrogens is 2. The number of imidazole rings is 1. The van der Waals surface area contributed by atoms with E-state index in [1.807, 2.05) is 39.9 Å². The van der Waals surface area contributed by atoms with Crippen molar-refractivity contribution in [3.63, 3.8) is 0 Å². The van der Waals surface area contributed by atoms with E-state index in [-0.39, 0.29) is 12.0 Å². The van der Waals surface area contributed by atoms with E-state index in [0.717, 1.165) is 11.4 Å². The zero-order valence-electron chi connectivity index (χ0n) is 19.6. The van der Waals surface area contributed by atoms with Crippen LogP contribution in [0.5, 0.6) is 0 Å². The highest BCUT2D eigenvalue weighted by Crippen LogP contribution is 2.19. The zero-order valence-corrected chi connectivity index (χ0v) is 19.6. The van der Waals surface area contributed by atoms with E-state index in [0.29, 0.717) is 38.0 Å². The first-order chi connectivity index (χ1) is 17.0. The van der Waals surface area contributed by atoms with Crippen LogP contribution in [-0.2, 0) is 11.3 Å². The van der Waals surface area contributed by atoms with E-state index in [1.54, 1.807) is 12.5 Å². The summed E-state index contributed by atoms with van der Waals surface area (Å²) in [5.74, 6) is -2.72. The number of carboxylic acid groups (broad SMARTS) is 1. The van der Waals surface area contributed by atoms with Crippen LogP contribution >= 0.6 is 0 Å². The van der Waals surface area contributed by atoms with Gasteiger partial charge >= 0.3 is 12.1 Å². The summed E-state index contributed by atoms with van der Waals surface area (Å²) >= 11 is 0. The number of piperidine rings is 1. The minimum absolute atomic E-state index is 0.0365. The monoisotopic (exact) mass is 504 g/mol. The lowest BCUT2D eigenvalue weighted by Gasteiger charge is -2.29. The molecule has 1 aliphatic rings. The zero-order chi connectivity index (χ0) is 26.3. The number of hydrogen-bond acceptors (Lipinski definition) is 5. The number of halogens is 3.